The van der Waals surface area contributed by atoms with Crippen LogP contribution >= 0.6 is 0 Å². The van der Waals surface area contributed by atoms with Gasteiger partial charge < -0.3 is 19.4 Å². The number of rotatable bonds is 6. The van der Waals surface area contributed by atoms with E-state index in [0.717, 1.165) is 18.8 Å². The van der Waals surface area contributed by atoms with Gasteiger partial charge in [0.05, 0.1) is 6.26 Å². The Morgan fingerprint density at radius 2 is 2.47 bits per heavy atom. The summed E-state index contributed by atoms with van der Waals surface area (Å²) in [5.74, 6) is 1.62. The summed E-state index contributed by atoms with van der Waals surface area (Å²) in [5, 5.41) is 12.9. The highest BCUT2D eigenvalue weighted by Crippen LogP contribution is 2.11. The van der Waals surface area contributed by atoms with Gasteiger partial charge in [-0.05, 0) is 12.1 Å². The van der Waals surface area contributed by atoms with Crippen molar-refractivity contribution in [3.63, 3.8) is 0 Å². The summed E-state index contributed by atoms with van der Waals surface area (Å²) in [6, 6.07) is 3.54. The molecule has 1 atom stereocenters. The zero-order valence-electron chi connectivity index (χ0n) is 9.84. The summed E-state index contributed by atoms with van der Waals surface area (Å²) >= 11 is 0. The minimum atomic E-state index is -0.591. The highest BCUT2D eigenvalue weighted by atomic mass is 16.4. The first-order valence-corrected chi connectivity index (χ1v) is 5.66. The Bertz CT molecular complexity index is 436. The van der Waals surface area contributed by atoms with Crippen LogP contribution in [0, 0.1) is 0 Å². The number of nitrogens with one attached hydrogen (secondary N) is 1. The fourth-order valence-corrected chi connectivity index (χ4v) is 1.66. The predicted octanol–water partition coefficient (Wildman–Crippen LogP) is 0.879. The monoisotopic (exact) mass is 235 g/mol. The Balaban J connectivity index is 1.68. The van der Waals surface area contributed by atoms with Crippen LogP contribution in [-0.4, -0.2) is 27.7 Å². The molecule has 0 spiro atoms. The van der Waals surface area contributed by atoms with Crippen LogP contribution in [-0.2, 0) is 13.5 Å². The van der Waals surface area contributed by atoms with Gasteiger partial charge in [-0.25, -0.2) is 4.98 Å². The summed E-state index contributed by atoms with van der Waals surface area (Å²) in [7, 11) is 1.97. The topological polar surface area (TPSA) is 63.2 Å². The van der Waals surface area contributed by atoms with Crippen molar-refractivity contribution in [2.45, 2.75) is 12.5 Å². The lowest BCUT2D eigenvalue weighted by molar-refractivity contribution is 0.148. The number of imidazole rings is 1. The molecule has 2 aromatic heterocycles. The van der Waals surface area contributed by atoms with Crippen LogP contribution in [0.15, 0.2) is 35.2 Å². The van der Waals surface area contributed by atoms with Crippen LogP contribution < -0.4 is 5.32 Å². The number of aromatic nitrogens is 2. The molecule has 2 N–H and O–H groups in total. The molecule has 5 nitrogen and oxygen atoms in total. The van der Waals surface area contributed by atoms with Gasteiger partial charge in [0, 0.05) is 39.0 Å². The Labute approximate surface area is 100 Å². The zero-order valence-corrected chi connectivity index (χ0v) is 9.84. The van der Waals surface area contributed by atoms with E-state index in [2.05, 4.69) is 10.3 Å². The summed E-state index contributed by atoms with van der Waals surface area (Å²) in [6.45, 7) is 1.26. The molecule has 0 saturated heterocycles. The maximum Gasteiger partial charge on any atom is 0.133 e. The fraction of sp³-hybridized carbons (Fsp3) is 0.417. The molecule has 0 fully saturated rings. The van der Waals surface area contributed by atoms with E-state index in [4.69, 9.17) is 4.42 Å². The van der Waals surface area contributed by atoms with E-state index < -0.39 is 6.10 Å². The number of aryl methyl sites for hydroxylation is 1. The summed E-state index contributed by atoms with van der Waals surface area (Å²) < 4.78 is 7.10. The second kappa shape index (κ2) is 5.65. The van der Waals surface area contributed by atoms with Gasteiger partial charge in [0.2, 0.25) is 0 Å². The van der Waals surface area contributed by atoms with Crippen LogP contribution in [0.3, 0.4) is 0 Å². The van der Waals surface area contributed by atoms with E-state index >= 15 is 0 Å². The number of furan rings is 1. The van der Waals surface area contributed by atoms with Crippen molar-refractivity contribution in [2.24, 2.45) is 7.05 Å². The maximum atomic E-state index is 9.74. The molecule has 5 heteroatoms. The summed E-state index contributed by atoms with van der Waals surface area (Å²) in [4.78, 5) is 4.22. The number of aliphatic hydroxyl groups excluding tert-OH is 1. The molecular formula is C12H17N3O2. The van der Waals surface area contributed by atoms with E-state index in [1.54, 1.807) is 24.6 Å². The van der Waals surface area contributed by atoms with Crippen LogP contribution in [0.1, 0.15) is 17.7 Å². The third-order valence-corrected chi connectivity index (χ3v) is 2.66. The zero-order chi connectivity index (χ0) is 12.1. The molecule has 92 valence electrons. The molecule has 0 amide bonds. The van der Waals surface area contributed by atoms with Crippen LogP contribution in [0.4, 0.5) is 0 Å². The molecule has 0 aliphatic heterocycles. The first-order chi connectivity index (χ1) is 8.27. The highest BCUT2D eigenvalue weighted by molar-refractivity contribution is 5.02. The molecule has 2 heterocycles. The molecule has 0 aliphatic carbocycles. The average molecular weight is 235 g/mol. The number of hydrogen-bond acceptors (Lipinski definition) is 4. The Morgan fingerprint density at radius 3 is 3.12 bits per heavy atom. The minimum Gasteiger partial charge on any atom is -0.467 e. The van der Waals surface area contributed by atoms with Crippen LogP contribution in [0.2, 0.25) is 0 Å². The van der Waals surface area contributed by atoms with Crippen molar-refractivity contribution >= 4 is 0 Å². The lowest BCUT2D eigenvalue weighted by Gasteiger charge is -2.09. The largest absolute Gasteiger partial charge is 0.467 e. The smallest absolute Gasteiger partial charge is 0.133 e. The van der Waals surface area contributed by atoms with Gasteiger partial charge in [0.25, 0.3) is 0 Å². The van der Waals surface area contributed by atoms with Crippen LogP contribution in [0.25, 0.3) is 0 Å². The predicted molar refractivity (Wildman–Crippen MR) is 63.4 cm³/mol. The second-order valence-electron chi connectivity index (χ2n) is 3.94. The molecular weight excluding hydrogens is 218 g/mol. The third kappa shape index (κ3) is 3.18. The normalized spacial score (nSPS) is 12.8. The molecule has 17 heavy (non-hydrogen) atoms. The molecule has 2 rings (SSSR count). The SMILES string of the molecule is Cn1ccnc1CCNCC(O)c1ccco1. The highest BCUT2D eigenvalue weighted by Gasteiger charge is 2.09. The Kier molecular flexibility index (Phi) is 3.95. The molecule has 0 aliphatic rings. The first-order valence-electron chi connectivity index (χ1n) is 5.66. The van der Waals surface area contributed by atoms with Gasteiger partial charge in [-0.2, -0.15) is 0 Å². The molecule has 0 aromatic carbocycles. The van der Waals surface area contributed by atoms with Gasteiger partial charge in [0.1, 0.15) is 17.7 Å². The van der Waals surface area contributed by atoms with Crippen molar-refractivity contribution in [1.29, 1.82) is 0 Å². The minimum absolute atomic E-state index is 0.484. The van der Waals surface area contributed by atoms with Gasteiger partial charge in [-0.15, -0.1) is 0 Å². The van der Waals surface area contributed by atoms with Crippen molar-refractivity contribution in [1.82, 2.24) is 14.9 Å². The standard InChI is InChI=1S/C12H17N3O2/c1-15-7-6-14-12(15)4-5-13-9-10(16)11-3-2-8-17-11/h2-3,6-8,10,13,16H,4-5,9H2,1H3. The van der Waals surface area contributed by atoms with Gasteiger partial charge >= 0.3 is 0 Å². The van der Waals surface area contributed by atoms with E-state index in [9.17, 15) is 5.11 Å². The van der Waals surface area contributed by atoms with Crippen molar-refractivity contribution in [3.8, 4) is 0 Å². The fourth-order valence-electron chi connectivity index (χ4n) is 1.66. The first kappa shape index (κ1) is 11.9. The number of nitrogens with zero attached hydrogens (tertiary/aromatic N) is 2. The summed E-state index contributed by atoms with van der Waals surface area (Å²) in [6.07, 6.45) is 5.52. The maximum absolute atomic E-state index is 9.74. The quantitative estimate of drug-likeness (QED) is 0.730. The van der Waals surface area contributed by atoms with Crippen molar-refractivity contribution in [2.75, 3.05) is 13.1 Å². The average Bonchev–Trinajstić information content (AvgIpc) is 2.96. The summed E-state index contributed by atoms with van der Waals surface area (Å²) in [5.41, 5.74) is 0. The van der Waals surface area contributed by atoms with Crippen molar-refractivity contribution < 1.29 is 9.52 Å². The van der Waals surface area contributed by atoms with E-state index in [1.165, 1.54) is 0 Å². The molecule has 0 radical (unpaired) electrons. The van der Waals surface area contributed by atoms with Crippen LogP contribution in [0.5, 0.6) is 0 Å². The second-order valence-corrected chi connectivity index (χ2v) is 3.94. The lowest BCUT2D eigenvalue weighted by Crippen LogP contribution is -2.24. The Hall–Kier alpha value is -1.59. The van der Waals surface area contributed by atoms with Gasteiger partial charge in [0.15, 0.2) is 0 Å². The van der Waals surface area contributed by atoms with E-state index in [-0.39, 0.29) is 0 Å². The van der Waals surface area contributed by atoms with E-state index in [0.29, 0.717) is 12.3 Å². The van der Waals surface area contributed by atoms with Gasteiger partial charge in [-0.1, -0.05) is 0 Å². The molecule has 1 unspecified atom stereocenters. The van der Waals surface area contributed by atoms with Gasteiger partial charge in [-0.3, -0.25) is 0 Å². The van der Waals surface area contributed by atoms with E-state index in [1.807, 2.05) is 17.8 Å². The van der Waals surface area contributed by atoms with Crippen molar-refractivity contribution in [3.05, 3.63) is 42.4 Å². The number of hydrogen-bond donors (Lipinski definition) is 2. The third-order valence-electron chi connectivity index (χ3n) is 2.66. The molecule has 2 aromatic rings. The lowest BCUT2D eigenvalue weighted by atomic mass is 10.2. The number of aliphatic hydroxyl groups is 1. The molecule has 0 saturated carbocycles. The molecule has 0 bridgehead atoms. The Morgan fingerprint density at radius 1 is 1.59 bits per heavy atom.